The molecule has 0 amide bonds. The molecule has 0 saturated heterocycles. The van der Waals surface area contributed by atoms with Gasteiger partial charge in [0.1, 0.15) is 0 Å². The molecule has 0 saturated carbocycles. The van der Waals surface area contributed by atoms with Crippen molar-refractivity contribution in [3.8, 4) is 0 Å². The summed E-state index contributed by atoms with van der Waals surface area (Å²) in [6.07, 6.45) is 0.193. The number of carbonyl (C=O) groups is 1. The predicted molar refractivity (Wildman–Crippen MR) is 49.8 cm³/mol. The van der Waals surface area contributed by atoms with Gasteiger partial charge in [0.25, 0.3) is 0 Å². The minimum atomic E-state index is -0.406. The zero-order valence-corrected chi connectivity index (χ0v) is 7.40. The summed E-state index contributed by atoms with van der Waals surface area (Å²) < 4.78 is 0. The number of benzene rings is 1. The summed E-state index contributed by atoms with van der Waals surface area (Å²) in [5.41, 5.74) is 9.44. The molecule has 0 aliphatic carbocycles. The largest absolute Gasteiger partial charge is 0.281 e. The molecule has 0 aromatic heterocycles. The average molecular weight is 196 g/mol. The Kier molecular flexibility index (Phi) is 3.31. The lowest BCUT2D eigenvalue weighted by Gasteiger charge is -1.95. The SMILES string of the molecule is [N-]=[N+]=Nc1ccc(CC(=O)Cl)cc1. The van der Waals surface area contributed by atoms with Crippen LogP contribution in [-0.4, -0.2) is 5.24 Å². The lowest BCUT2D eigenvalue weighted by atomic mass is 10.1. The van der Waals surface area contributed by atoms with E-state index in [1.54, 1.807) is 24.3 Å². The highest BCUT2D eigenvalue weighted by Crippen LogP contribution is 2.13. The van der Waals surface area contributed by atoms with Crippen LogP contribution < -0.4 is 0 Å². The van der Waals surface area contributed by atoms with E-state index in [9.17, 15) is 4.79 Å². The van der Waals surface area contributed by atoms with E-state index >= 15 is 0 Å². The molecule has 13 heavy (non-hydrogen) atoms. The van der Waals surface area contributed by atoms with Crippen molar-refractivity contribution in [2.75, 3.05) is 0 Å². The normalized spacial score (nSPS) is 9.00. The third-order valence-electron chi connectivity index (χ3n) is 1.44. The molecule has 0 spiro atoms. The van der Waals surface area contributed by atoms with E-state index in [1.165, 1.54) is 0 Å². The maximum Gasteiger partial charge on any atom is 0.226 e. The Morgan fingerprint density at radius 3 is 2.54 bits per heavy atom. The van der Waals surface area contributed by atoms with E-state index in [1.807, 2.05) is 0 Å². The number of hydrogen-bond acceptors (Lipinski definition) is 2. The highest BCUT2D eigenvalue weighted by Gasteiger charge is 1.98. The fourth-order valence-electron chi connectivity index (χ4n) is 0.893. The first-order valence-corrected chi connectivity index (χ1v) is 3.92. The van der Waals surface area contributed by atoms with Crippen LogP contribution in [0.25, 0.3) is 10.4 Å². The van der Waals surface area contributed by atoms with Gasteiger partial charge in [-0.15, -0.1) is 0 Å². The molecule has 0 aliphatic rings. The number of hydrogen-bond donors (Lipinski definition) is 0. The maximum atomic E-state index is 10.5. The zero-order chi connectivity index (χ0) is 9.68. The van der Waals surface area contributed by atoms with E-state index in [-0.39, 0.29) is 6.42 Å². The Labute approximate surface area is 79.8 Å². The van der Waals surface area contributed by atoms with E-state index in [4.69, 9.17) is 17.1 Å². The van der Waals surface area contributed by atoms with Gasteiger partial charge < -0.3 is 0 Å². The number of azide groups is 1. The van der Waals surface area contributed by atoms with Crippen LogP contribution in [0, 0.1) is 0 Å². The maximum absolute atomic E-state index is 10.5. The Bertz CT molecular complexity index is 354. The molecule has 0 aliphatic heterocycles. The average Bonchev–Trinajstić information content (AvgIpc) is 2.08. The van der Waals surface area contributed by atoms with Crippen LogP contribution in [0.1, 0.15) is 5.56 Å². The number of rotatable bonds is 3. The molecule has 0 unspecified atom stereocenters. The lowest BCUT2D eigenvalue weighted by molar-refractivity contribution is -0.111. The second-order valence-electron chi connectivity index (χ2n) is 2.39. The van der Waals surface area contributed by atoms with Crippen molar-refractivity contribution in [2.45, 2.75) is 6.42 Å². The van der Waals surface area contributed by atoms with Gasteiger partial charge in [-0.1, -0.05) is 29.4 Å². The summed E-state index contributed by atoms with van der Waals surface area (Å²) in [5.74, 6) is 0. The molecule has 0 radical (unpaired) electrons. The second kappa shape index (κ2) is 4.50. The van der Waals surface area contributed by atoms with Crippen molar-refractivity contribution < 1.29 is 4.79 Å². The molecular formula is C8H6ClN3O. The van der Waals surface area contributed by atoms with Crippen molar-refractivity contribution >= 4 is 22.5 Å². The molecule has 1 aromatic carbocycles. The lowest BCUT2D eigenvalue weighted by Crippen LogP contribution is -1.91. The molecule has 5 heteroatoms. The number of halogens is 1. The summed E-state index contributed by atoms with van der Waals surface area (Å²) in [6, 6.07) is 6.67. The predicted octanol–water partition coefficient (Wildman–Crippen LogP) is 2.94. The van der Waals surface area contributed by atoms with Gasteiger partial charge in [-0.25, -0.2) is 0 Å². The van der Waals surface area contributed by atoms with Crippen molar-refractivity contribution in [2.24, 2.45) is 5.11 Å². The quantitative estimate of drug-likeness (QED) is 0.317. The molecule has 66 valence electrons. The smallest absolute Gasteiger partial charge is 0.226 e. The Morgan fingerprint density at radius 2 is 2.08 bits per heavy atom. The van der Waals surface area contributed by atoms with Crippen LogP contribution in [0.15, 0.2) is 29.4 Å². The van der Waals surface area contributed by atoms with Crippen LogP contribution in [-0.2, 0) is 11.2 Å². The van der Waals surface area contributed by atoms with Crippen LogP contribution >= 0.6 is 11.6 Å². The van der Waals surface area contributed by atoms with Crippen LogP contribution in [0.5, 0.6) is 0 Å². The third-order valence-corrected chi connectivity index (χ3v) is 1.57. The van der Waals surface area contributed by atoms with Gasteiger partial charge in [0, 0.05) is 17.0 Å². The molecule has 0 bridgehead atoms. The van der Waals surface area contributed by atoms with Crippen LogP contribution in [0.3, 0.4) is 0 Å². The van der Waals surface area contributed by atoms with Gasteiger partial charge in [0.05, 0.1) is 0 Å². The van der Waals surface area contributed by atoms with E-state index < -0.39 is 5.24 Å². The molecular weight excluding hydrogens is 190 g/mol. The van der Waals surface area contributed by atoms with Crippen LogP contribution in [0.2, 0.25) is 0 Å². The summed E-state index contributed by atoms with van der Waals surface area (Å²) in [6.45, 7) is 0. The fourth-order valence-corrected chi connectivity index (χ4v) is 1.05. The third kappa shape index (κ3) is 3.15. The topological polar surface area (TPSA) is 65.8 Å². The molecule has 4 nitrogen and oxygen atoms in total. The molecule has 0 fully saturated rings. The van der Waals surface area contributed by atoms with Crippen molar-refractivity contribution in [3.63, 3.8) is 0 Å². The monoisotopic (exact) mass is 195 g/mol. The summed E-state index contributed by atoms with van der Waals surface area (Å²) in [7, 11) is 0. The molecule has 1 aromatic rings. The van der Waals surface area contributed by atoms with Crippen molar-refractivity contribution in [1.29, 1.82) is 0 Å². The Morgan fingerprint density at radius 1 is 1.46 bits per heavy atom. The standard InChI is InChI=1S/C8H6ClN3O/c9-8(13)5-6-1-3-7(4-2-6)11-12-10/h1-4H,5H2. The van der Waals surface area contributed by atoms with Gasteiger partial charge in [-0.3, -0.25) is 4.79 Å². The zero-order valence-electron chi connectivity index (χ0n) is 6.64. The van der Waals surface area contributed by atoms with Gasteiger partial charge in [-0.2, -0.15) is 0 Å². The number of nitrogens with zero attached hydrogens (tertiary/aromatic N) is 3. The first kappa shape index (κ1) is 9.58. The highest BCUT2D eigenvalue weighted by atomic mass is 35.5. The second-order valence-corrected chi connectivity index (χ2v) is 2.81. The molecule has 0 heterocycles. The number of carbonyl (C=O) groups excluding carboxylic acids is 1. The molecule has 0 N–H and O–H groups in total. The Hall–Kier alpha value is -1.51. The first-order chi connectivity index (χ1) is 6.22. The minimum Gasteiger partial charge on any atom is -0.281 e. The van der Waals surface area contributed by atoms with Gasteiger partial charge in [0.15, 0.2) is 0 Å². The van der Waals surface area contributed by atoms with Crippen molar-refractivity contribution in [1.82, 2.24) is 0 Å². The van der Waals surface area contributed by atoms with Gasteiger partial charge in [-0.05, 0) is 22.7 Å². The van der Waals surface area contributed by atoms with E-state index in [0.717, 1.165) is 5.56 Å². The van der Waals surface area contributed by atoms with Gasteiger partial charge >= 0.3 is 0 Å². The van der Waals surface area contributed by atoms with E-state index in [0.29, 0.717) is 5.69 Å². The summed E-state index contributed by atoms with van der Waals surface area (Å²) in [4.78, 5) is 13.1. The Balaban J connectivity index is 2.80. The molecule has 0 atom stereocenters. The molecule has 1 rings (SSSR count). The van der Waals surface area contributed by atoms with Crippen LogP contribution in [0.4, 0.5) is 5.69 Å². The highest BCUT2D eigenvalue weighted by molar-refractivity contribution is 6.63. The summed E-state index contributed by atoms with van der Waals surface area (Å²) >= 11 is 5.19. The van der Waals surface area contributed by atoms with Crippen molar-refractivity contribution in [3.05, 3.63) is 40.3 Å². The summed E-state index contributed by atoms with van der Waals surface area (Å²) in [5, 5.41) is 2.98. The van der Waals surface area contributed by atoms with Gasteiger partial charge in [0.2, 0.25) is 5.24 Å². The fraction of sp³-hybridized carbons (Fsp3) is 0.125. The van der Waals surface area contributed by atoms with E-state index in [2.05, 4.69) is 10.0 Å². The first-order valence-electron chi connectivity index (χ1n) is 3.55. The minimum absolute atomic E-state index is 0.193.